The molecule has 0 unspecified atom stereocenters. The largest absolute Gasteiger partial charge is 0.444 e. The summed E-state index contributed by atoms with van der Waals surface area (Å²) in [5.41, 5.74) is 3.18. The molecule has 14 heteroatoms. The first-order valence-electron chi connectivity index (χ1n) is 15.5. The van der Waals surface area contributed by atoms with E-state index in [1.54, 1.807) is 109 Å². The Bertz CT molecular complexity index is 1960. The van der Waals surface area contributed by atoms with E-state index in [0.29, 0.717) is 38.9 Å². The lowest BCUT2D eigenvalue weighted by Crippen LogP contribution is -2.27. The third-order valence-electron chi connectivity index (χ3n) is 6.33. The van der Waals surface area contributed by atoms with Crippen LogP contribution in [0.15, 0.2) is 85.1 Å². The minimum absolute atomic E-state index is 0.221. The van der Waals surface area contributed by atoms with Crippen molar-refractivity contribution >= 4 is 69.2 Å². The number of aryl methyl sites for hydroxylation is 1. The quantitative estimate of drug-likeness (QED) is 0.136. The van der Waals surface area contributed by atoms with Crippen LogP contribution in [0.2, 0.25) is 0 Å². The first kappa shape index (κ1) is 36.9. The van der Waals surface area contributed by atoms with Crippen molar-refractivity contribution in [3.63, 3.8) is 0 Å². The van der Waals surface area contributed by atoms with Crippen LogP contribution in [0, 0.1) is 6.92 Å². The van der Waals surface area contributed by atoms with E-state index in [-0.39, 0.29) is 11.8 Å². The zero-order valence-corrected chi connectivity index (χ0v) is 29.6. The van der Waals surface area contributed by atoms with Crippen LogP contribution in [-0.4, -0.2) is 49.8 Å². The molecule has 5 aromatic rings. The van der Waals surface area contributed by atoms with Crippen LogP contribution in [0.25, 0.3) is 10.9 Å². The number of carbonyl (C=O) groups is 4. The first-order chi connectivity index (χ1) is 23.6. The molecule has 0 spiro atoms. The number of hydrogen-bond donors (Lipinski definition) is 4. The van der Waals surface area contributed by atoms with Crippen LogP contribution in [0.5, 0.6) is 0 Å². The number of rotatable bonds is 6. The lowest BCUT2D eigenvalue weighted by Gasteiger charge is -2.19. The standard InChI is InChI=1S/C21H21N3O3.C15H18N4O3S/c1-21(2,3)27-20(26)24-15-10-8-14(9-11-15)23-19(25)17-12-13-22-18-7-5-4-6-16(17)18;1-9-12(23-19-18-9)13(20)16-10-5-7-11(8-6-10)17-14(21)22-15(2,3)4/h4-13H,1-3H3,(H,23,25)(H,24,26);5-8H,1-4H3,(H,16,20)(H,17,21). The number of pyridine rings is 1. The van der Waals surface area contributed by atoms with Crippen LogP contribution in [0.4, 0.5) is 32.3 Å². The molecule has 2 aromatic heterocycles. The second-order valence-corrected chi connectivity index (χ2v) is 13.6. The number of para-hydroxylation sites is 1. The summed E-state index contributed by atoms with van der Waals surface area (Å²) in [5, 5.41) is 15.5. The predicted molar refractivity (Wildman–Crippen MR) is 195 cm³/mol. The zero-order valence-electron chi connectivity index (χ0n) is 28.8. The molecule has 2 heterocycles. The molecular weight excluding hydrogens is 659 g/mol. The van der Waals surface area contributed by atoms with Gasteiger partial charge in [-0.2, -0.15) is 0 Å². The second kappa shape index (κ2) is 16.0. The highest BCUT2D eigenvalue weighted by Crippen LogP contribution is 2.21. The summed E-state index contributed by atoms with van der Waals surface area (Å²) in [6, 6.07) is 22.7. The number of carbonyl (C=O) groups excluding carboxylic acids is 4. The van der Waals surface area contributed by atoms with E-state index in [4.69, 9.17) is 9.47 Å². The number of nitrogens with one attached hydrogen (secondary N) is 4. The molecular formula is C36H39N7O6S. The predicted octanol–water partition coefficient (Wildman–Crippen LogP) is 8.28. The van der Waals surface area contributed by atoms with Gasteiger partial charge >= 0.3 is 12.2 Å². The van der Waals surface area contributed by atoms with Gasteiger partial charge in [-0.15, -0.1) is 5.10 Å². The number of fused-ring (bicyclic) bond motifs is 1. The van der Waals surface area contributed by atoms with Crippen molar-refractivity contribution in [2.75, 3.05) is 21.3 Å². The lowest BCUT2D eigenvalue weighted by atomic mass is 10.1. The Kier molecular flexibility index (Phi) is 11.8. The molecule has 0 saturated carbocycles. The maximum Gasteiger partial charge on any atom is 0.412 e. The summed E-state index contributed by atoms with van der Waals surface area (Å²) >= 11 is 1.05. The van der Waals surface area contributed by atoms with E-state index in [1.165, 1.54) is 0 Å². The van der Waals surface area contributed by atoms with Gasteiger partial charge in [0.15, 0.2) is 0 Å². The summed E-state index contributed by atoms with van der Waals surface area (Å²) in [6.07, 6.45) is 0.564. The van der Waals surface area contributed by atoms with Gasteiger partial charge in [0.05, 0.1) is 16.8 Å². The fourth-order valence-electron chi connectivity index (χ4n) is 4.24. The Balaban J connectivity index is 0.000000228. The number of hydrogen-bond acceptors (Lipinski definition) is 10. The van der Waals surface area contributed by atoms with Crippen molar-refractivity contribution in [1.82, 2.24) is 14.6 Å². The van der Waals surface area contributed by atoms with Crippen LogP contribution < -0.4 is 21.3 Å². The van der Waals surface area contributed by atoms with E-state index in [9.17, 15) is 19.2 Å². The van der Waals surface area contributed by atoms with E-state index in [2.05, 4.69) is 35.8 Å². The number of amides is 4. The number of nitrogens with zero attached hydrogens (tertiary/aromatic N) is 3. The molecule has 3 aromatic carbocycles. The van der Waals surface area contributed by atoms with Crippen molar-refractivity contribution in [1.29, 1.82) is 0 Å². The average Bonchev–Trinajstić information content (AvgIpc) is 3.47. The average molecular weight is 698 g/mol. The molecule has 0 bridgehead atoms. The van der Waals surface area contributed by atoms with Crippen LogP contribution in [0.1, 0.15) is 67.3 Å². The van der Waals surface area contributed by atoms with Crippen molar-refractivity contribution in [3.05, 3.63) is 101 Å². The summed E-state index contributed by atoms with van der Waals surface area (Å²) < 4.78 is 14.1. The summed E-state index contributed by atoms with van der Waals surface area (Å²) in [6.45, 7) is 12.5. The van der Waals surface area contributed by atoms with Crippen molar-refractivity contribution in [2.45, 2.75) is 59.7 Å². The van der Waals surface area contributed by atoms with Crippen LogP contribution in [-0.2, 0) is 9.47 Å². The SMILES string of the molecule is CC(C)(C)OC(=O)Nc1ccc(NC(=O)c2ccnc3ccccc23)cc1.Cc1nnsc1C(=O)Nc1ccc(NC(=O)OC(C)(C)C)cc1. The van der Waals surface area contributed by atoms with Gasteiger partial charge in [0.25, 0.3) is 11.8 Å². The smallest absolute Gasteiger partial charge is 0.412 e. The van der Waals surface area contributed by atoms with Gasteiger partial charge in [-0.1, -0.05) is 22.7 Å². The second-order valence-electron chi connectivity index (χ2n) is 12.9. The number of ether oxygens (including phenoxy) is 2. The molecule has 0 aliphatic heterocycles. The Morgan fingerprint density at radius 3 is 1.54 bits per heavy atom. The number of aromatic nitrogens is 3. The highest BCUT2D eigenvalue weighted by atomic mass is 32.1. The van der Waals surface area contributed by atoms with Gasteiger partial charge in [0.1, 0.15) is 16.1 Å². The van der Waals surface area contributed by atoms with Gasteiger partial charge in [0.2, 0.25) is 0 Å². The summed E-state index contributed by atoms with van der Waals surface area (Å²) in [5.74, 6) is -0.480. The maximum absolute atomic E-state index is 12.6. The molecule has 4 N–H and O–H groups in total. The van der Waals surface area contributed by atoms with Crippen molar-refractivity contribution in [2.24, 2.45) is 0 Å². The molecule has 0 atom stereocenters. The van der Waals surface area contributed by atoms with Gasteiger partial charge in [-0.05, 0) is 121 Å². The third-order valence-corrected chi connectivity index (χ3v) is 7.15. The lowest BCUT2D eigenvalue weighted by molar-refractivity contribution is 0.0624. The van der Waals surface area contributed by atoms with E-state index in [1.807, 2.05) is 24.3 Å². The van der Waals surface area contributed by atoms with Crippen molar-refractivity contribution in [3.8, 4) is 0 Å². The molecule has 260 valence electrons. The minimum atomic E-state index is -0.564. The zero-order chi connectivity index (χ0) is 36.5. The van der Waals surface area contributed by atoms with E-state index < -0.39 is 23.4 Å². The van der Waals surface area contributed by atoms with Crippen LogP contribution >= 0.6 is 11.5 Å². The molecule has 0 aliphatic rings. The normalized spacial score (nSPS) is 11.0. The fraction of sp³-hybridized carbons (Fsp3) is 0.250. The molecule has 0 radical (unpaired) electrons. The minimum Gasteiger partial charge on any atom is -0.444 e. The topological polar surface area (TPSA) is 174 Å². The Morgan fingerprint density at radius 1 is 0.620 bits per heavy atom. The summed E-state index contributed by atoms with van der Waals surface area (Å²) in [7, 11) is 0. The molecule has 5 rings (SSSR count). The number of anilines is 4. The Labute approximate surface area is 294 Å². The third kappa shape index (κ3) is 11.4. The molecule has 13 nitrogen and oxygen atoms in total. The number of benzene rings is 3. The summed E-state index contributed by atoms with van der Waals surface area (Å²) in [4.78, 5) is 52.9. The van der Waals surface area contributed by atoms with E-state index >= 15 is 0 Å². The van der Waals surface area contributed by atoms with E-state index in [0.717, 1.165) is 22.4 Å². The van der Waals surface area contributed by atoms with Gasteiger partial charge in [-0.25, -0.2) is 9.59 Å². The Morgan fingerprint density at radius 2 is 1.08 bits per heavy atom. The van der Waals surface area contributed by atoms with Gasteiger partial charge < -0.3 is 20.1 Å². The van der Waals surface area contributed by atoms with Crippen LogP contribution in [0.3, 0.4) is 0 Å². The first-order valence-corrected chi connectivity index (χ1v) is 16.3. The molecule has 0 saturated heterocycles. The van der Waals surface area contributed by atoms with Crippen molar-refractivity contribution < 1.29 is 28.7 Å². The maximum atomic E-state index is 12.6. The highest BCUT2D eigenvalue weighted by molar-refractivity contribution is 7.08. The molecule has 0 aliphatic carbocycles. The Hall–Kier alpha value is -5.89. The highest BCUT2D eigenvalue weighted by Gasteiger charge is 2.18. The fourth-order valence-corrected chi connectivity index (χ4v) is 4.79. The van der Waals surface area contributed by atoms with Gasteiger partial charge in [-0.3, -0.25) is 25.2 Å². The van der Waals surface area contributed by atoms with Gasteiger partial charge in [0, 0.05) is 34.3 Å². The molecule has 0 fully saturated rings. The molecule has 50 heavy (non-hydrogen) atoms. The molecule has 4 amide bonds. The monoisotopic (exact) mass is 697 g/mol.